The lowest BCUT2D eigenvalue weighted by atomic mass is 9.64. The van der Waals surface area contributed by atoms with Crippen LogP contribution < -0.4 is 16.0 Å². The number of fused-ring (bicyclic) bond motifs is 3. The molecule has 0 atom stereocenters. The van der Waals surface area contributed by atoms with Crippen molar-refractivity contribution in [2.45, 2.75) is 24.7 Å². The Balaban J connectivity index is 0.00000218. The molecule has 1 aliphatic rings. The summed E-state index contributed by atoms with van der Waals surface area (Å²) in [7, 11) is 1.64. The Morgan fingerprint density at radius 2 is 1.97 bits per heavy atom. The lowest BCUT2D eigenvalue weighted by Crippen LogP contribution is -2.41. The van der Waals surface area contributed by atoms with Crippen LogP contribution in [0.2, 0.25) is 5.02 Å². The molecule has 0 aliphatic heterocycles. The zero-order valence-electron chi connectivity index (χ0n) is 16.5. The summed E-state index contributed by atoms with van der Waals surface area (Å²) in [6.45, 7) is 0.677. The third-order valence-electron chi connectivity index (χ3n) is 6.33. The number of nitrogens with one attached hydrogen (secondary N) is 1. The molecule has 0 bridgehead atoms. The molecule has 4 aromatic rings. The number of nitrogens with two attached hydrogens (primary N) is 1. The smallest absolute Gasteiger partial charge is 0.266 e. The fourth-order valence-corrected chi connectivity index (χ4v) is 5.56. The van der Waals surface area contributed by atoms with E-state index >= 15 is 0 Å². The summed E-state index contributed by atoms with van der Waals surface area (Å²) >= 11 is 7.94. The second kappa shape index (κ2) is 7.89. The number of benzene rings is 2. The number of aromatic nitrogens is 1. The Kier molecular flexibility index (Phi) is 5.58. The monoisotopic (exact) mass is 460 g/mol. The molecule has 2 aromatic carbocycles. The first-order valence-electron chi connectivity index (χ1n) is 9.68. The Hall–Kier alpha value is -2.05. The van der Waals surface area contributed by atoms with E-state index in [0.29, 0.717) is 27.5 Å². The van der Waals surface area contributed by atoms with Gasteiger partial charge < -0.3 is 15.5 Å². The molecule has 7 heteroatoms. The van der Waals surface area contributed by atoms with Gasteiger partial charge in [-0.25, -0.2) is 0 Å². The molecule has 0 unspecified atom stereocenters. The van der Waals surface area contributed by atoms with Crippen molar-refractivity contribution < 1.29 is 4.74 Å². The number of hydrogen-bond acceptors (Lipinski definition) is 4. The first-order chi connectivity index (χ1) is 14.1. The van der Waals surface area contributed by atoms with Gasteiger partial charge in [0, 0.05) is 34.4 Å². The van der Waals surface area contributed by atoms with E-state index in [9.17, 15) is 4.79 Å². The number of hydrogen-bond donors (Lipinski definition) is 2. The highest BCUT2D eigenvalue weighted by Crippen LogP contribution is 2.46. The van der Waals surface area contributed by atoms with Crippen LogP contribution in [0.25, 0.3) is 32.1 Å². The fourth-order valence-electron chi connectivity index (χ4n) is 4.52. The van der Waals surface area contributed by atoms with E-state index in [0.717, 1.165) is 34.7 Å². The molecular formula is C23H22Cl2N2O2S. The summed E-state index contributed by atoms with van der Waals surface area (Å²) in [6, 6.07) is 12.4. The number of aromatic amines is 1. The van der Waals surface area contributed by atoms with E-state index in [2.05, 4.69) is 29.2 Å². The molecular weight excluding hydrogens is 439 g/mol. The Bertz CT molecular complexity index is 1290. The van der Waals surface area contributed by atoms with E-state index in [4.69, 9.17) is 22.1 Å². The number of rotatable bonds is 4. The Morgan fingerprint density at radius 3 is 2.57 bits per heavy atom. The van der Waals surface area contributed by atoms with Crippen LogP contribution in [0, 0.1) is 0 Å². The van der Waals surface area contributed by atoms with E-state index < -0.39 is 0 Å². The van der Waals surface area contributed by atoms with Crippen LogP contribution >= 0.6 is 35.3 Å². The van der Waals surface area contributed by atoms with Crippen LogP contribution in [0.3, 0.4) is 0 Å². The molecule has 0 amide bonds. The number of halogens is 2. The van der Waals surface area contributed by atoms with Crippen LogP contribution in [0.5, 0.6) is 5.75 Å². The molecule has 2 aromatic heterocycles. The maximum absolute atomic E-state index is 12.5. The Labute approximate surface area is 189 Å². The van der Waals surface area contributed by atoms with Crippen molar-refractivity contribution in [2.24, 2.45) is 5.73 Å². The number of pyridine rings is 1. The molecule has 1 aliphatic carbocycles. The predicted molar refractivity (Wildman–Crippen MR) is 129 cm³/mol. The molecule has 1 saturated carbocycles. The average Bonchev–Trinajstić information content (AvgIpc) is 3.19. The van der Waals surface area contributed by atoms with Gasteiger partial charge in [-0.05, 0) is 35.4 Å². The van der Waals surface area contributed by atoms with Crippen molar-refractivity contribution in [2.75, 3.05) is 13.7 Å². The van der Waals surface area contributed by atoms with Crippen LogP contribution in [0.4, 0.5) is 0 Å². The molecule has 0 saturated heterocycles. The van der Waals surface area contributed by atoms with Gasteiger partial charge in [-0.3, -0.25) is 4.79 Å². The van der Waals surface area contributed by atoms with E-state index in [-0.39, 0.29) is 23.4 Å². The Morgan fingerprint density at radius 1 is 1.23 bits per heavy atom. The summed E-state index contributed by atoms with van der Waals surface area (Å²) in [5, 5.41) is 4.21. The minimum atomic E-state index is -0.120. The van der Waals surface area contributed by atoms with E-state index in [1.807, 2.05) is 11.4 Å². The second-order valence-electron chi connectivity index (χ2n) is 7.72. The number of H-pyrrole nitrogens is 1. The van der Waals surface area contributed by atoms with Crippen molar-refractivity contribution in [3.05, 3.63) is 62.7 Å². The predicted octanol–water partition coefficient (Wildman–Crippen LogP) is 5.87. The van der Waals surface area contributed by atoms with Gasteiger partial charge >= 0.3 is 0 Å². The fraction of sp³-hybridized carbons (Fsp3) is 0.261. The number of methoxy groups -OCH3 is 1. The van der Waals surface area contributed by atoms with Crippen molar-refractivity contribution in [1.29, 1.82) is 0 Å². The zero-order chi connectivity index (χ0) is 20.2. The third kappa shape index (κ3) is 3.04. The minimum absolute atomic E-state index is 0. The molecule has 4 nitrogen and oxygen atoms in total. The molecule has 2 heterocycles. The van der Waals surface area contributed by atoms with Gasteiger partial charge in [0.05, 0.1) is 17.6 Å². The van der Waals surface area contributed by atoms with Gasteiger partial charge in [0.1, 0.15) is 10.4 Å². The topological polar surface area (TPSA) is 68.1 Å². The largest absolute Gasteiger partial charge is 0.496 e. The van der Waals surface area contributed by atoms with Gasteiger partial charge in [-0.15, -0.1) is 23.7 Å². The molecule has 3 N–H and O–H groups in total. The van der Waals surface area contributed by atoms with Crippen LogP contribution in [0.1, 0.15) is 24.8 Å². The van der Waals surface area contributed by atoms with Crippen LogP contribution in [-0.2, 0) is 5.41 Å². The highest BCUT2D eigenvalue weighted by molar-refractivity contribution is 7.17. The van der Waals surface area contributed by atoms with Gasteiger partial charge in [0.25, 0.3) is 5.56 Å². The summed E-state index contributed by atoms with van der Waals surface area (Å²) in [5.74, 6) is 0.687. The zero-order valence-corrected chi connectivity index (χ0v) is 18.8. The van der Waals surface area contributed by atoms with Crippen molar-refractivity contribution in [1.82, 2.24) is 4.98 Å². The highest BCUT2D eigenvalue weighted by atomic mass is 35.5. The SMILES string of the molecule is COc1cc(Cl)c2[nH]c(=O)c3sccc3c2c1-c1ccc(C2(CN)CCC2)cc1.Cl. The summed E-state index contributed by atoms with van der Waals surface area (Å²) < 4.78 is 6.39. The minimum Gasteiger partial charge on any atom is -0.496 e. The quantitative estimate of drug-likeness (QED) is 0.399. The lowest BCUT2D eigenvalue weighted by molar-refractivity contribution is 0.253. The molecule has 0 radical (unpaired) electrons. The normalized spacial score (nSPS) is 15.0. The van der Waals surface area contributed by atoms with Gasteiger partial charge in [-0.1, -0.05) is 42.3 Å². The maximum atomic E-state index is 12.5. The first-order valence-corrected chi connectivity index (χ1v) is 10.9. The summed E-state index contributed by atoms with van der Waals surface area (Å²) in [4.78, 5) is 15.5. The number of ether oxygens (including phenoxy) is 1. The molecule has 1 fully saturated rings. The molecule has 0 spiro atoms. The van der Waals surface area contributed by atoms with Gasteiger partial charge in [-0.2, -0.15) is 0 Å². The molecule has 30 heavy (non-hydrogen) atoms. The number of thiophene rings is 1. The van der Waals surface area contributed by atoms with Gasteiger partial charge in [0.2, 0.25) is 0 Å². The maximum Gasteiger partial charge on any atom is 0.266 e. The van der Waals surface area contributed by atoms with Crippen molar-refractivity contribution >= 4 is 56.3 Å². The van der Waals surface area contributed by atoms with E-state index in [1.54, 1.807) is 13.2 Å². The third-order valence-corrected chi connectivity index (χ3v) is 7.54. The van der Waals surface area contributed by atoms with Crippen LogP contribution in [0.15, 0.2) is 46.6 Å². The van der Waals surface area contributed by atoms with Gasteiger partial charge in [0.15, 0.2) is 0 Å². The summed E-state index contributed by atoms with van der Waals surface area (Å²) in [5.41, 5.74) is 9.98. The van der Waals surface area contributed by atoms with Crippen LogP contribution in [-0.4, -0.2) is 18.6 Å². The molecule has 156 valence electrons. The second-order valence-corrected chi connectivity index (χ2v) is 9.04. The standard InChI is InChI=1S/C23H21ClN2O2S.ClH/c1-28-17-11-16(24)20-19(15-7-10-29-21(15)22(27)26-20)18(17)13-3-5-14(6-4-13)23(12-25)8-2-9-23;/h3-7,10-11H,2,8-9,12,25H2,1H3,(H,26,27);1H. The van der Waals surface area contributed by atoms with E-state index in [1.165, 1.54) is 23.3 Å². The molecule has 5 rings (SSSR count). The average molecular weight is 461 g/mol. The lowest BCUT2D eigenvalue weighted by Gasteiger charge is -2.41. The highest BCUT2D eigenvalue weighted by Gasteiger charge is 2.37. The summed E-state index contributed by atoms with van der Waals surface area (Å²) in [6.07, 6.45) is 3.53. The first kappa shape index (κ1) is 21.2. The van der Waals surface area contributed by atoms with Crippen molar-refractivity contribution in [3.8, 4) is 16.9 Å². The van der Waals surface area contributed by atoms with Crippen molar-refractivity contribution in [3.63, 3.8) is 0 Å².